The Kier molecular flexibility index (Phi) is 6.72. The molecule has 6 heteroatoms. The lowest BCUT2D eigenvalue weighted by atomic mass is 9.95. The monoisotopic (exact) mass is 374 g/mol. The highest BCUT2D eigenvalue weighted by molar-refractivity contribution is 5.93. The molecule has 0 bridgehead atoms. The van der Waals surface area contributed by atoms with Crippen molar-refractivity contribution in [2.45, 2.75) is 45.6 Å². The molecule has 6 nitrogen and oxygen atoms in total. The second kappa shape index (κ2) is 9.22. The molecular weight excluding hydrogens is 344 g/mol. The van der Waals surface area contributed by atoms with Gasteiger partial charge in [-0.25, -0.2) is 0 Å². The third-order valence-corrected chi connectivity index (χ3v) is 5.23. The molecule has 0 radical (unpaired) electrons. The fourth-order valence-electron chi connectivity index (χ4n) is 3.60. The van der Waals surface area contributed by atoms with Gasteiger partial charge in [0.05, 0.1) is 6.10 Å². The first-order valence-electron chi connectivity index (χ1n) is 9.97. The van der Waals surface area contributed by atoms with Crippen LogP contribution in [0.3, 0.4) is 0 Å². The molecule has 148 valence electrons. The second-order valence-corrected chi connectivity index (χ2v) is 7.72. The van der Waals surface area contributed by atoms with Crippen LogP contribution in [0, 0.1) is 11.8 Å². The molecule has 2 aliphatic rings. The Morgan fingerprint density at radius 3 is 2.70 bits per heavy atom. The summed E-state index contributed by atoms with van der Waals surface area (Å²) in [4.78, 5) is 26.5. The number of rotatable bonds is 6. The van der Waals surface area contributed by atoms with Crippen LogP contribution in [0.5, 0.6) is 5.75 Å². The summed E-state index contributed by atoms with van der Waals surface area (Å²) in [6.45, 7) is 6.48. The van der Waals surface area contributed by atoms with E-state index in [1.807, 2.05) is 43.0 Å². The van der Waals surface area contributed by atoms with Gasteiger partial charge < -0.3 is 19.7 Å². The third-order valence-electron chi connectivity index (χ3n) is 5.23. The van der Waals surface area contributed by atoms with Crippen LogP contribution in [0.25, 0.3) is 0 Å². The minimum Gasteiger partial charge on any atom is -0.491 e. The van der Waals surface area contributed by atoms with Crippen molar-refractivity contribution in [3.05, 3.63) is 24.3 Å². The highest BCUT2D eigenvalue weighted by Crippen LogP contribution is 2.23. The molecule has 2 aliphatic heterocycles. The van der Waals surface area contributed by atoms with Crippen molar-refractivity contribution in [2.24, 2.45) is 11.8 Å². The van der Waals surface area contributed by atoms with Crippen molar-refractivity contribution >= 4 is 17.5 Å². The molecular formula is C21H30N2O4. The third kappa shape index (κ3) is 5.45. The van der Waals surface area contributed by atoms with Crippen molar-refractivity contribution in [1.29, 1.82) is 0 Å². The zero-order valence-electron chi connectivity index (χ0n) is 16.3. The Hall–Kier alpha value is -2.08. The number of piperidine rings is 1. The number of carbonyl (C=O) groups is 2. The lowest BCUT2D eigenvalue weighted by molar-refractivity contribution is -0.137. The smallest absolute Gasteiger partial charge is 0.227 e. The number of hydrogen-bond acceptors (Lipinski definition) is 4. The van der Waals surface area contributed by atoms with Crippen LogP contribution in [0.2, 0.25) is 0 Å². The topological polar surface area (TPSA) is 67.9 Å². The molecule has 1 aromatic rings. The molecule has 2 saturated heterocycles. The van der Waals surface area contributed by atoms with Crippen molar-refractivity contribution in [1.82, 2.24) is 4.90 Å². The number of likely N-dealkylation sites (tertiary alicyclic amines) is 1. The molecule has 2 amide bonds. The number of anilines is 1. The minimum absolute atomic E-state index is 0.00718. The predicted molar refractivity (Wildman–Crippen MR) is 104 cm³/mol. The van der Waals surface area contributed by atoms with Gasteiger partial charge in [-0.15, -0.1) is 0 Å². The maximum Gasteiger partial charge on any atom is 0.227 e. The average molecular weight is 374 g/mol. The Morgan fingerprint density at radius 2 is 2.04 bits per heavy atom. The first kappa shape index (κ1) is 19.7. The van der Waals surface area contributed by atoms with Crippen LogP contribution in [0.4, 0.5) is 5.69 Å². The summed E-state index contributed by atoms with van der Waals surface area (Å²) in [5.74, 6) is 0.874. The maximum atomic E-state index is 12.6. The number of ether oxygens (including phenoxy) is 2. The van der Waals surface area contributed by atoms with Crippen LogP contribution < -0.4 is 10.1 Å². The Bertz CT molecular complexity index is 647. The van der Waals surface area contributed by atoms with E-state index >= 15 is 0 Å². The number of benzene rings is 1. The van der Waals surface area contributed by atoms with E-state index in [1.165, 1.54) is 0 Å². The Labute approximate surface area is 161 Å². The molecule has 2 heterocycles. The van der Waals surface area contributed by atoms with E-state index in [2.05, 4.69) is 5.32 Å². The number of amides is 2. The molecule has 27 heavy (non-hydrogen) atoms. The van der Waals surface area contributed by atoms with E-state index in [-0.39, 0.29) is 29.8 Å². The van der Waals surface area contributed by atoms with Crippen LogP contribution in [-0.2, 0) is 14.3 Å². The molecule has 1 aromatic carbocycles. The summed E-state index contributed by atoms with van der Waals surface area (Å²) in [7, 11) is 0. The molecule has 1 atom stereocenters. The number of hydrogen-bond donors (Lipinski definition) is 1. The first-order chi connectivity index (χ1) is 13.0. The van der Waals surface area contributed by atoms with Crippen LogP contribution >= 0.6 is 0 Å². The number of carbonyl (C=O) groups excluding carboxylic acids is 2. The van der Waals surface area contributed by atoms with E-state index in [1.54, 1.807) is 0 Å². The van der Waals surface area contributed by atoms with Gasteiger partial charge in [0.15, 0.2) is 0 Å². The standard InChI is InChI=1S/C21H30N2O4/c1-15(2)21(25)23-10-8-16(9-11-23)20(24)22-17-5-3-6-18(13-17)27-14-19-7-4-12-26-19/h3,5-6,13,15-16,19H,4,7-12,14H2,1-2H3,(H,22,24). The Morgan fingerprint density at radius 1 is 1.26 bits per heavy atom. The van der Waals surface area contributed by atoms with E-state index < -0.39 is 0 Å². The average Bonchev–Trinajstić information content (AvgIpc) is 3.20. The van der Waals surface area contributed by atoms with Gasteiger partial charge in [-0.3, -0.25) is 9.59 Å². The summed E-state index contributed by atoms with van der Waals surface area (Å²) < 4.78 is 11.4. The van der Waals surface area contributed by atoms with Gasteiger partial charge in [0.2, 0.25) is 11.8 Å². The molecule has 1 N–H and O–H groups in total. The number of nitrogens with one attached hydrogen (secondary N) is 1. The van der Waals surface area contributed by atoms with E-state index in [0.717, 1.165) is 30.9 Å². The normalized spacial score (nSPS) is 20.7. The van der Waals surface area contributed by atoms with E-state index in [0.29, 0.717) is 32.5 Å². The zero-order chi connectivity index (χ0) is 19.2. The SMILES string of the molecule is CC(C)C(=O)N1CCC(C(=O)Nc2cccc(OCC3CCCO3)c2)CC1. The Balaban J connectivity index is 1.48. The van der Waals surface area contributed by atoms with Crippen molar-refractivity contribution < 1.29 is 19.1 Å². The summed E-state index contributed by atoms with van der Waals surface area (Å²) in [6, 6.07) is 7.49. The molecule has 1 unspecified atom stereocenters. The van der Waals surface area contributed by atoms with Crippen molar-refractivity contribution in [2.75, 3.05) is 31.6 Å². The quantitative estimate of drug-likeness (QED) is 0.831. The first-order valence-corrected chi connectivity index (χ1v) is 9.97. The minimum atomic E-state index is -0.0577. The van der Waals surface area contributed by atoms with Crippen LogP contribution in [-0.4, -0.2) is 49.1 Å². The fourth-order valence-corrected chi connectivity index (χ4v) is 3.60. The molecule has 0 saturated carbocycles. The van der Waals surface area contributed by atoms with Crippen molar-refractivity contribution in [3.8, 4) is 5.75 Å². The molecule has 0 aliphatic carbocycles. The highest BCUT2D eigenvalue weighted by Gasteiger charge is 2.28. The zero-order valence-corrected chi connectivity index (χ0v) is 16.3. The molecule has 0 aromatic heterocycles. The van der Waals surface area contributed by atoms with Gasteiger partial charge in [0.25, 0.3) is 0 Å². The van der Waals surface area contributed by atoms with Crippen LogP contribution in [0.15, 0.2) is 24.3 Å². The fraction of sp³-hybridized carbons (Fsp3) is 0.619. The van der Waals surface area contributed by atoms with Gasteiger partial charge >= 0.3 is 0 Å². The summed E-state index contributed by atoms with van der Waals surface area (Å²) in [6.07, 6.45) is 3.71. The van der Waals surface area contributed by atoms with E-state index in [9.17, 15) is 9.59 Å². The largest absolute Gasteiger partial charge is 0.491 e. The van der Waals surface area contributed by atoms with Crippen molar-refractivity contribution in [3.63, 3.8) is 0 Å². The summed E-state index contributed by atoms with van der Waals surface area (Å²) in [5.41, 5.74) is 0.741. The van der Waals surface area contributed by atoms with Gasteiger partial charge in [-0.05, 0) is 37.8 Å². The van der Waals surface area contributed by atoms with Gasteiger partial charge in [0, 0.05) is 43.3 Å². The van der Waals surface area contributed by atoms with Gasteiger partial charge in [-0.1, -0.05) is 19.9 Å². The van der Waals surface area contributed by atoms with Gasteiger partial charge in [0.1, 0.15) is 12.4 Å². The molecule has 2 fully saturated rings. The highest BCUT2D eigenvalue weighted by atomic mass is 16.5. The lowest BCUT2D eigenvalue weighted by Gasteiger charge is -2.32. The molecule has 0 spiro atoms. The second-order valence-electron chi connectivity index (χ2n) is 7.72. The van der Waals surface area contributed by atoms with Crippen LogP contribution in [0.1, 0.15) is 39.5 Å². The van der Waals surface area contributed by atoms with Gasteiger partial charge in [-0.2, -0.15) is 0 Å². The lowest BCUT2D eigenvalue weighted by Crippen LogP contribution is -2.43. The summed E-state index contributed by atoms with van der Waals surface area (Å²) >= 11 is 0. The number of nitrogens with zero attached hydrogens (tertiary/aromatic N) is 1. The predicted octanol–water partition coefficient (Wildman–Crippen LogP) is 3.08. The maximum absolute atomic E-state index is 12.6. The molecule has 3 rings (SSSR count). The van der Waals surface area contributed by atoms with E-state index in [4.69, 9.17) is 9.47 Å². The summed E-state index contributed by atoms with van der Waals surface area (Å²) in [5, 5.41) is 2.99.